The quantitative estimate of drug-likeness (QED) is 0.796. The Kier molecular flexibility index (Phi) is 3.71. The summed E-state index contributed by atoms with van der Waals surface area (Å²) in [5.74, 6) is 0.711. The monoisotopic (exact) mass is 249 g/mol. The number of rotatable bonds is 4. The smallest absolute Gasteiger partial charge is 0.236 e. The lowest BCUT2D eigenvalue weighted by Crippen LogP contribution is -2.15. The van der Waals surface area contributed by atoms with Crippen LogP contribution in [-0.2, 0) is 4.79 Å². The minimum absolute atomic E-state index is 0.121. The lowest BCUT2D eigenvalue weighted by molar-refractivity contribution is -0.113. The van der Waals surface area contributed by atoms with E-state index in [0.29, 0.717) is 11.0 Å². The van der Waals surface area contributed by atoms with E-state index in [1.54, 1.807) is 6.07 Å². The number of aryl methyl sites for hydroxylation is 1. The van der Waals surface area contributed by atoms with Gasteiger partial charge in [0, 0.05) is 5.69 Å². The third kappa shape index (κ3) is 3.56. The number of carbonyl (C=O) groups excluding carboxylic acids is 1. The molecule has 2 heterocycles. The summed E-state index contributed by atoms with van der Waals surface area (Å²) in [6.45, 7) is 1.87. The van der Waals surface area contributed by atoms with Crippen molar-refractivity contribution >= 4 is 23.5 Å². The van der Waals surface area contributed by atoms with Crippen LogP contribution in [0.5, 0.6) is 0 Å². The minimum Gasteiger partial charge on any atom is -0.310 e. The highest BCUT2D eigenvalue weighted by Gasteiger charge is 2.05. The number of hydrogen-bond acceptors (Lipinski definition) is 5. The molecule has 0 atom stereocenters. The van der Waals surface area contributed by atoms with Crippen LogP contribution in [-0.4, -0.2) is 31.8 Å². The number of amides is 1. The summed E-state index contributed by atoms with van der Waals surface area (Å²) >= 11 is 1.29. The second kappa shape index (κ2) is 5.44. The average molecular weight is 249 g/mol. The van der Waals surface area contributed by atoms with E-state index in [-0.39, 0.29) is 11.7 Å². The number of nitrogens with one attached hydrogen (secondary N) is 2. The number of thioether (sulfide) groups is 1. The largest absolute Gasteiger partial charge is 0.310 e. The second-order valence-corrected chi connectivity index (χ2v) is 4.26. The van der Waals surface area contributed by atoms with Crippen molar-refractivity contribution in [3.8, 4) is 0 Å². The van der Waals surface area contributed by atoms with Crippen molar-refractivity contribution < 1.29 is 4.79 Å². The first kappa shape index (κ1) is 11.6. The zero-order valence-corrected chi connectivity index (χ0v) is 9.99. The van der Waals surface area contributed by atoms with Crippen LogP contribution in [0, 0.1) is 6.92 Å². The van der Waals surface area contributed by atoms with Crippen LogP contribution in [0.15, 0.2) is 29.7 Å². The molecule has 1 amide bonds. The number of pyridine rings is 1. The molecule has 0 fully saturated rings. The van der Waals surface area contributed by atoms with E-state index in [1.807, 2.05) is 19.1 Å². The molecular weight excluding hydrogens is 238 g/mol. The van der Waals surface area contributed by atoms with Gasteiger partial charge in [0.25, 0.3) is 0 Å². The molecule has 0 bridgehead atoms. The van der Waals surface area contributed by atoms with E-state index in [9.17, 15) is 4.79 Å². The fraction of sp³-hybridized carbons (Fsp3) is 0.200. The van der Waals surface area contributed by atoms with E-state index < -0.39 is 0 Å². The van der Waals surface area contributed by atoms with Crippen LogP contribution in [0.1, 0.15) is 5.69 Å². The number of nitrogens with zero attached hydrogens (tertiary/aromatic N) is 3. The number of aromatic amines is 1. The number of carbonyl (C=O) groups is 1. The summed E-state index contributed by atoms with van der Waals surface area (Å²) in [6.07, 6.45) is 1.41. The molecule has 0 saturated carbocycles. The van der Waals surface area contributed by atoms with Crippen molar-refractivity contribution in [2.45, 2.75) is 12.1 Å². The van der Waals surface area contributed by atoms with Gasteiger partial charge in [0.05, 0.1) is 5.75 Å². The Bertz CT molecular complexity index is 499. The lowest BCUT2D eigenvalue weighted by atomic mass is 10.4. The highest BCUT2D eigenvalue weighted by atomic mass is 32.2. The van der Waals surface area contributed by atoms with E-state index >= 15 is 0 Å². The van der Waals surface area contributed by atoms with Gasteiger partial charge in [-0.2, -0.15) is 5.10 Å². The maximum Gasteiger partial charge on any atom is 0.236 e. The molecule has 0 saturated heterocycles. The molecule has 0 aliphatic heterocycles. The van der Waals surface area contributed by atoms with E-state index in [2.05, 4.69) is 25.5 Å². The SMILES string of the molecule is Cc1cccc(NC(=O)CSc2ncn[nH]2)n1. The van der Waals surface area contributed by atoms with Crippen molar-refractivity contribution in [2.24, 2.45) is 0 Å². The van der Waals surface area contributed by atoms with Gasteiger partial charge in [-0.25, -0.2) is 9.97 Å². The van der Waals surface area contributed by atoms with Gasteiger partial charge in [0.2, 0.25) is 5.91 Å². The Morgan fingerprint density at radius 3 is 3.12 bits per heavy atom. The fourth-order valence-electron chi connectivity index (χ4n) is 1.19. The molecule has 2 aromatic heterocycles. The lowest BCUT2D eigenvalue weighted by Gasteiger charge is -2.03. The summed E-state index contributed by atoms with van der Waals surface area (Å²) in [5, 5.41) is 9.70. The molecule has 7 heteroatoms. The molecule has 0 aliphatic rings. The van der Waals surface area contributed by atoms with Gasteiger partial charge < -0.3 is 5.32 Å². The maximum atomic E-state index is 11.6. The summed E-state index contributed by atoms with van der Waals surface area (Å²) < 4.78 is 0. The molecule has 2 N–H and O–H groups in total. The molecule has 2 rings (SSSR count). The van der Waals surface area contributed by atoms with Crippen molar-refractivity contribution in [3.05, 3.63) is 30.2 Å². The Hall–Kier alpha value is -1.89. The Labute approximate surface area is 102 Å². The van der Waals surface area contributed by atoms with Crippen LogP contribution in [0.4, 0.5) is 5.82 Å². The third-order valence-electron chi connectivity index (χ3n) is 1.89. The summed E-state index contributed by atoms with van der Waals surface area (Å²) in [6, 6.07) is 5.48. The standard InChI is InChI=1S/C10H11N5OS/c1-7-3-2-4-8(13-7)14-9(16)5-17-10-11-6-12-15-10/h2-4,6H,5H2,1H3,(H,11,12,15)(H,13,14,16). The molecular formula is C10H11N5OS. The van der Waals surface area contributed by atoms with Gasteiger partial charge in [-0.05, 0) is 19.1 Å². The molecule has 0 unspecified atom stereocenters. The summed E-state index contributed by atoms with van der Waals surface area (Å²) in [5.41, 5.74) is 0.866. The van der Waals surface area contributed by atoms with E-state index in [0.717, 1.165) is 5.69 Å². The first-order chi connectivity index (χ1) is 8.24. The van der Waals surface area contributed by atoms with Crippen LogP contribution < -0.4 is 5.32 Å². The zero-order valence-electron chi connectivity index (χ0n) is 9.17. The number of aromatic nitrogens is 4. The van der Waals surface area contributed by atoms with Gasteiger partial charge >= 0.3 is 0 Å². The molecule has 6 nitrogen and oxygen atoms in total. The highest BCUT2D eigenvalue weighted by molar-refractivity contribution is 7.99. The number of anilines is 1. The summed E-state index contributed by atoms with van der Waals surface area (Å²) in [4.78, 5) is 19.7. The molecule has 0 aromatic carbocycles. The predicted molar refractivity (Wildman–Crippen MR) is 64.7 cm³/mol. The average Bonchev–Trinajstić information content (AvgIpc) is 2.79. The fourth-order valence-corrected chi connectivity index (χ4v) is 1.77. The normalized spacial score (nSPS) is 10.2. The predicted octanol–water partition coefficient (Wildman–Crippen LogP) is 1.24. The number of H-pyrrole nitrogens is 1. The molecule has 0 aliphatic carbocycles. The van der Waals surface area contributed by atoms with Gasteiger partial charge in [-0.15, -0.1) is 0 Å². The van der Waals surface area contributed by atoms with E-state index in [1.165, 1.54) is 18.1 Å². The van der Waals surface area contributed by atoms with Gasteiger partial charge in [-0.1, -0.05) is 17.8 Å². The Balaban J connectivity index is 1.85. The van der Waals surface area contributed by atoms with Crippen LogP contribution in [0.3, 0.4) is 0 Å². The van der Waals surface area contributed by atoms with Gasteiger partial charge in [0.15, 0.2) is 5.16 Å². The highest BCUT2D eigenvalue weighted by Crippen LogP contribution is 2.11. The van der Waals surface area contributed by atoms with E-state index in [4.69, 9.17) is 0 Å². The Morgan fingerprint density at radius 2 is 2.41 bits per heavy atom. The first-order valence-electron chi connectivity index (χ1n) is 4.96. The second-order valence-electron chi connectivity index (χ2n) is 3.29. The Morgan fingerprint density at radius 1 is 1.53 bits per heavy atom. The topological polar surface area (TPSA) is 83.6 Å². The van der Waals surface area contributed by atoms with Gasteiger partial charge in [0.1, 0.15) is 12.1 Å². The molecule has 0 spiro atoms. The van der Waals surface area contributed by atoms with Crippen LogP contribution >= 0.6 is 11.8 Å². The molecule has 88 valence electrons. The van der Waals surface area contributed by atoms with Crippen molar-refractivity contribution in [1.82, 2.24) is 20.2 Å². The zero-order chi connectivity index (χ0) is 12.1. The van der Waals surface area contributed by atoms with Crippen molar-refractivity contribution in [1.29, 1.82) is 0 Å². The van der Waals surface area contributed by atoms with Gasteiger partial charge in [-0.3, -0.25) is 9.89 Å². The van der Waals surface area contributed by atoms with Crippen molar-refractivity contribution in [2.75, 3.05) is 11.1 Å². The maximum absolute atomic E-state index is 11.6. The summed E-state index contributed by atoms with van der Waals surface area (Å²) in [7, 11) is 0. The molecule has 0 radical (unpaired) electrons. The minimum atomic E-state index is -0.121. The van der Waals surface area contributed by atoms with Crippen LogP contribution in [0.2, 0.25) is 0 Å². The molecule has 2 aromatic rings. The number of hydrogen-bond donors (Lipinski definition) is 2. The van der Waals surface area contributed by atoms with Crippen LogP contribution in [0.25, 0.3) is 0 Å². The molecule has 17 heavy (non-hydrogen) atoms. The first-order valence-corrected chi connectivity index (χ1v) is 5.94. The van der Waals surface area contributed by atoms with Crippen molar-refractivity contribution in [3.63, 3.8) is 0 Å². The third-order valence-corrected chi connectivity index (χ3v) is 2.77.